The highest BCUT2D eigenvalue weighted by atomic mass is 16.6. The summed E-state index contributed by atoms with van der Waals surface area (Å²) in [6.45, 7) is 8.53. The molecule has 0 bridgehead atoms. The van der Waals surface area contributed by atoms with Crippen molar-refractivity contribution in [2.24, 2.45) is 0 Å². The largest absolute Gasteiger partial charge is 0.481 e. The number of nitrogens with zero attached hydrogens (tertiary/aromatic N) is 3. The van der Waals surface area contributed by atoms with Crippen molar-refractivity contribution in [3.05, 3.63) is 0 Å². The van der Waals surface area contributed by atoms with Crippen LogP contribution in [-0.4, -0.2) is 122 Å². The number of amides is 3. The van der Waals surface area contributed by atoms with Crippen LogP contribution >= 0.6 is 0 Å². The average molecular weight is 800 g/mol. The normalized spacial score (nSPS) is 11.2. The van der Waals surface area contributed by atoms with Gasteiger partial charge in [0.05, 0.1) is 0 Å². The Morgan fingerprint density at radius 2 is 0.589 bits per heavy atom. The quantitative estimate of drug-likeness (QED) is 0.0451. The number of hydrogen-bond donors (Lipinski definition) is 4. The lowest BCUT2D eigenvalue weighted by atomic mass is 10.1. The van der Waals surface area contributed by atoms with E-state index >= 15 is 0 Å². The molecule has 0 spiro atoms. The topological polar surface area (TPSA) is 219 Å². The van der Waals surface area contributed by atoms with Crippen molar-refractivity contribution in [2.75, 3.05) is 39.3 Å². The first-order valence-electron chi connectivity index (χ1n) is 20.9. The molecule has 0 aromatic carbocycles. The lowest BCUT2D eigenvalue weighted by Gasteiger charge is -2.27. The van der Waals surface area contributed by atoms with Gasteiger partial charge in [-0.2, -0.15) is 0 Å². The smallest absolute Gasteiger partial charge is 0.410 e. The van der Waals surface area contributed by atoms with Gasteiger partial charge in [0, 0.05) is 77.8 Å². The van der Waals surface area contributed by atoms with Crippen molar-refractivity contribution in [1.82, 2.24) is 14.7 Å². The number of unbranched alkanes of at least 4 members (excludes halogenated alkanes) is 12. The summed E-state index contributed by atoms with van der Waals surface area (Å²) in [5.41, 5.74) is -0.663. The molecule has 15 nitrogen and oxygen atoms in total. The average Bonchev–Trinajstić information content (AvgIpc) is 3.09. The predicted molar refractivity (Wildman–Crippen MR) is 212 cm³/mol. The molecule has 0 aromatic heterocycles. The van der Waals surface area contributed by atoms with Crippen LogP contribution in [0.1, 0.15) is 175 Å². The standard InChI is InChI=1S/C41H73N3O12/c1-41(2,3)56-40(55)44(32-20-4-10-22-34(45)42(28-16-6-12-24-36(47)48)29-17-7-13-25-37(49)50)33-21-5-11-23-35(46)43(30-18-8-14-26-38(51)52)31-19-9-15-27-39(53)54/h4-33H2,1-3H3,(H,47,48)(H,49,50)(H,51,52)(H,53,54). The van der Waals surface area contributed by atoms with E-state index in [1.165, 1.54) is 0 Å². The van der Waals surface area contributed by atoms with Gasteiger partial charge in [0.15, 0.2) is 0 Å². The van der Waals surface area contributed by atoms with Crippen LogP contribution in [0.2, 0.25) is 0 Å². The molecule has 0 saturated heterocycles. The maximum Gasteiger partial charge on any atom is 0.410 e. The monoisotopic (exact) mass is 800 g/mol. The summed E-state index contributed by atoms with van der Waals surface area (Å²) >= 11 is 0. The molecule has 0 aliphatic carbocycles. The van der Waals surface area contributed by atoms with Gasteiger partial charge >= 0.3 is 30.0 Å². The van der Waals surface area contributed by atoms with E-state index in [9.17, 15) is 33.6 Å². The molecule has 0 fully saturated rings. The zero-order valence-electron chi connectivity index (χ0n) is 34.6. The van der Waals surface area contributed by atoms with Gasteiger partial charge in [-0.3, -0.25) is 28.8 Å². The summed E-state index contributed by atoms with van der Waals surface area (Å²) in [5.74, 6) is -3.30. The minimum atomic E-state index is -0.837. The second kappa shape index (κ2) is 32.2. The molecule has 0 saturated carbocycles. The Bertz CT molecular complexity index is 1040. The zero-order chi connectivity index (χ0) is 42.2. The number of rotatable bonds is 36. The van der Waals surface area contributed by atoms with Crippen molar-refractivity contribution in [3.8, 4) is 0 Å². The van der Waals surface area contributed by atoms with Crippen LogP contribution in [0.15, 0.2) is 0 Å². The number of hydrogen-bond acceptors (Lipinski definition) is 8. The van der Waals surface area contributed by atoms with Crippen molar-refractivity contribution < 1.29 is 58.7 Å². The fourth-order valence-corrected chi connectivity index (χ4v) is 6.19. The summed E-state index contributed by atoms with van der Waals surface area (Å²) in [7, 11) is 0. The first kappa shape index (κ1) is 52.1. The summed E-state index contributed by atoms with van der Waals surface area (Å²) < 4.78 is 5.66. The number of carbonyl (C=O) groups excluding carboxylic acids is 3. The Morgan fingerprint density at radius 3 is 0.821 bits per heavy atom. The molecule has 0 atom stereocenters. The Kier molecular flexibility index (Phi) is 30.0. The molecule has 56 heavy (non-hydrogen) atoms. The molecule has 0 unspecified atom stereocenters. The summed E-state index contributed by atoms with van der Waals surface area (Å²) in [6, 6.07) is 0. The van der Waals surface area contributed by atoms with E-state index < -0.39 is 35.6 Å². The Labute approximate surface area is 334 Å². The number of carbonyl (C=O) groups is 7. The number of ether oxygens (including phenoxy) is 1. The van der Waals surface area contributed by atoms with Crippen molar-refractivity contribution in [2.45, 2.75) is 180 Å². The van der Waals surface area contributed by atoms with Gasteiger partial charge in [-0.1, -0.05) is 38.5 Å². The van der Waals surface area contributed by atoms with Crippen LogP contribution in [-0.2, 0) is 33.5 Å². The summed E-state index contributed by atoms with van der Waals surface area (Å²) in [6.07, 6.45) is 12.7. The highest BCUT2D eigenvalue weighted by Crippen LogP contribution is 2.15. The Morgan fingerprint density at radius 1 is 0.357 bits per heavy atom. The van der Waals surface area contributed by atoms with E-state index in [1.54, 1.807) is 4.90 Å². The minimum Gasteiger partial charge on any atom is -0.481 e. The molecular formula is C41H73N3O12. The molecule has 0 aliphatic heterocycles. The second-order valence-corrected chi connectivity index (χ2v) is 15.7. The van der Waals surface area contributed by atoms with Crippen LogP contribution in [0.3, 0.4) is 0 Å². The van der Waals surface area contributed by atoms with Crippen molar-refractivity contribution in [1.29, 1.82) is 0 Å². The Balaban J connectivity index is 4.97. The SMILES string of the molecule is CC(C)(C)OC(=O)N(CCCCCC(=O)N(CCCCCC(=O)O)CCCCCC(=O)O)CCCCCC(=O)N(CCCCCC(=O)O)CCCCCC(=O)O. The van der Waals surface area contributed by atoms with Crippen LogP contribution in [0.25, 0.3) is 0 Å². The van der Waals surface area contributed by atoms with E-state index in [2.05, 4.69) is 0 Å². The molecule has 3 amide bonds. The van der Waals surface area contributed by atoms with E-state index in [0.717, 1.165) is 12.8 Å². The molecule has 0 rings (SSSR count). The van der Waals surface area contributed by atoms with Gasteiger partial charge in [0.1, 0.15) is 5.60 Å². The van der Waals surface area contributed by atoms with E-state index in [1.807, 2.05) is 30.6 Å². The van der Waals surface area contributed by atoms with Crippen molar-refractivity contribution >= 4 is 41.8 Å². The number of aliphatic carboxylic acids is 4. The molecule has 4 N–H and O–H groups in total. The molecule has 0 radical (unpaired) electrons. The first-order valence-corrected chi connectivity index (χ1v) is 20.9. The van der Waals surface area contributed by atoms with Crippen LogP contribution in [0, 0.1) is 0 Å². The fraction of sp³-hybridized carbons (Fsp3) is 0.829. The van der Waals surface area contributed by atoms with Gasteiger partial charge in [-0.05, 0) is 97.8 Å². The molecule has 0 heterocycles. The Hall–Kier alpha value is -3.91. The maximum absolute atomic E-state index is 13.1. The van der Waals surface area contributed by atoms with E-state index in [-0.39, 0.29) is 37.5 Å². The van der Waals surface area contributed by atoms with Crippen LogP contribution in [0.5, 0.6) is 0 Å². The molecular weight excluding hydrogens is 726 g/mol. The molecule has 0 aromatic rings. The van der Waals surface area contributed by atoms with Gasteiger partial charge < -0.3 is 39.9 Å². The van der Waals surface area contributed by atoms with Crippen LogP contribution < -0.4 is 0 Å². The van der Waals surface area contributed by atoms with Gasteiger partial charge in [0.25, 0.3) is 0 Å². The van der Waals surface area contributed by atoms with E-state index in [4.69, 9.17) is 25.2 Å². The minimum absolute atomic E-state index is 0.0231. The highest BCUT2D eigenvalue weighted by Gasteiger charge is 2.22. The number of carboxylic acid groups (broad SMARTS) is 4. The maximum atomic E-state index is 13.1. The molecule has 0 aliphatic rings. The van der Waals surface area contributed by atoms with Gasteiger partial charge in [-0.15, -0.1) is 0 Å². The van der Waals surface area contributed by atoms with Crippen molar-refractivity contribution in [3.63, 3.8) is 0 Å². The highest BCUT2D eigenvalue weighted by molar-refractivity contribution is 5.76. The van der Waals surface area contributed by atoms with Gasteiger partial charge in [-0.25, -0.2) is 4.79 Å². The summed E-state index contributed by atoms with van der Waals surface area (Å²) in [4.78, 5) is 87.9. The third-order valence-corrected chi connectivity index (χ3v) is 9.27. The number of carboxylic acids is 4. The van der Waals surface area contributed by atoms with Crippen LogP contribution in [0.4, 0.5) is 4.79 Å². The molecule has 324 valence electrons. The summed E-state index contributed by atoms with van der Waals surface area (Å²) in [5, 5.41) is 35.6. The predicted octanol–water partition coefficient (Wildman–Crippen LogP) is 7.58. The third kappa shape index (κ3) is 32.3. The lowest BCUT2D eigenvalue weighted by Crippen LogP contribution is -2.38. The first-order chi connectivity index (χ1) is 26.5. The molecule has 15 heteroatoms. The third-order valence-electron chi connectivity index (χ3n) is 9.27. The van der Waals surface area contributed by atoms with E-state index in [0.29, 0.717) is 155 Å². The second-order valence-electron chi connectivity index (χ2n) is 15.7. The zero-order valence-corrected chi connectivity index (χ0v) is 34.6. The van der Waals surface area contributed by atoms with Gasteiger partial charge in [0.2, 0.25) is 11.8 Å². The fourth-order valence-electron chi connectivity index (χ4n) is 6.19. The lowest BCUT2D eigenvalue weighted by molar-refractivity contribution is -0.138.